The Hall–Kier alpha value is -1.30. The summed E-state index contributed by atoms with van der Waals surface area (Å²) in [5, 5.41) is 3.22. The molecule has 19 heavy (non-hydrogen) atoms. The third kappa shape index (κ3) is 5.46. The molecule has 0 aromatic carbocycles. The highest BCUT2D eigenvalue weighted by Gasteiger charge is 2.19. The first-order chi connectivity index (χ1) is 9.04. The molecule has 110 valence electrons. The fourth-order valence-corrected chi connectivity index (χ4v) is 2.09. The lowest BCUT2D eigenvalue weighted by molar-refractivity contribution is -0.128. The van der Waals surface area contributed by atoms with Crippen molar-refractivity contribution in [2.75, 3.05) is 54.5 Å². The number of hydrogen-bond donors (Lipinski definition) is 1. The van der Waals surface area contributed by atoms with E-state index in [0.29, 0.717) is 18.9 Å². The maximum atomic E-state index is 11.5. The molecular weight excluding hydrogens is 244 g/mol. The van der Waals surface area contributed by atoms with Crippen LogP contribution in [0.4, 0.5) is 0 Å². The number of guanidine groups is 1. The number of hydrogen-bond acceptors (Lipinski definition) is 3. The van der Waals surface area contributed by atoms with Gasteiger partial charge in [-0.25, -0.2) is 0 Å². The van der Waals surface area contributed by atoms with Gasteiger partial charge >= 0.3 is 0 Å². The predicted molar refractivity (Wildman–Crippen MR) is 76.2 cm³/mol. The second-order valence-corrected chi connectivity index (χ2v) is 5.12. The molecule has 6 heteroatoms. The standard InChI is InChI=1S/C13H26N4O2/c1-14-13(15-7-5-12(18)16(2)3)17(4)9-11-6-8-19-10-11/h11H,5-10H2,1-4H3,(H,14,15). The molecule has 1 rings (SSSR count). The average molecular weight is 270 g/mol. The lowest BCUT2D eigenvalue weighted by Gasteiger charge is -2.24. The minimum atomic E-state index is 0.120. The van der Waals surface area contributed by atoms with E-state index in [1.807, 2.05) is 7.05 Å². The van der Waals surface area contributed by atoms with Gasteiger partial charge in [-0.15, -0.1) is 0 Å². The quantitative estimate of drug-likeness (QED) is 0.565. The van der Waals surface area contributed by atoms with Crippen molar-refractivity contribution in [2.45, 2.75) is 12.8 Å². The summed E-state index contributed by atoms with van der Waals surface area (Å²) in [4.78, 5) is 19.4. The Morgan fingerprint density at radius 2 is 2.16 bits per heavy atom. The molecule has 1 aliphatic rings. The Kier molecular flexibility index (Phi) is 6.62. The van der Waals surface area contributed by atoms with Gasteiger partial charge in [0.1, 0.15) is 0 Å². The van der Waals surface area contributed by atoms with Crippen molar-refractivity contribution in [1.82, 2.24) is 15.1 Å². The van der Waals surface area contributed by atoms with Crippen LogP contribution in [0.5, 0.6) is 0 Å². The summed E-state index contributed by atoms with van der Waals surface area (Å²) < 4.78 is 5.37. The van der Waals surface area contributed by atoms with Crippen LogP contribution in [0.25, 0.3) is 0 Å². The van der Waals surface area contributed by atoms with Crippen LogP contribution in [0, 0.1) is 5.92 Å². The molecule has 1 N–H and O–H groups in total. The van der Waals surface area contributed by atoms with Gasteiger partial charge < -0.3 is 19.9 Å². The Morgan fingerprint density at radius 3 is 2.68 bits per heavy atom. The van der Waals surface area contributed by atoms with Crippen LogP contribution in [-0.2, 0) is 9.53 Å². The van der Waals surface area contributed by atoms with Gasteiger partial charge in [-0.2, -0.15) is 0 Å². The van der Waals surface area contributed by atoms with Crippen LogP contribution in [0.1, 0.15) is 12.8 Å². The van der Waals surface area contributed by atoms with E-state index < -0.39 is 0 Å². The summed E-state index contributed by atoms with van der Waals surface area (Å²) in [6.07, 6.45) is 1.59. The van der Waals surface area contributed by atoms with Crippen molar-refractivity contribution < 1.29 is 9.53 Å². The van der Waals surface area contributed by atoms with Crippen LogP contribution in [0.3, 0.4) is 0 Å². The molecule has 1 unspecified atom stereocenters. The molecule has 0 radical (unpaired) electrons. The van der Waals surface area contributed by atoms with Crippen molar-refractivity contribution >= 4 is 11.9 Å². The number of nitrogens with one attached hydrogen (secondary N) is 1. The van der Waals surface area contributed by atoms with Gasteiger partial charge in [0.25, 0.3) is 0 Å². The zero-order valence-corrected chi connectivity index (χ0v) is 12.5. The van der Waals surface area contributed by atoms with Crippen LogP contribution < -0.4 is 5.32 Å². The lowest BCUT2D eigenvalue weighted by atomic mass is 10.1. The highest BCUT2D eigenvalue weighted by Crippen LogP contribution is 2.13. The maximum absolute atomic E-state index is 11.5. The highest BCUT2D eigenvalue weighted by atomic mass is 16.5. The zero-order valence-electron chi connectivity index (χ0n) is 12.5. The van der Waals surface area contributed by atoms with Crippen molar-refractivity contribution in [1.29, 1.82) is 0 Å². The number of nitrogens with zero attached hydrogens (tertiary/aromatic N) is 3. The monoisotopic (exact) mass is 270 g/mol. The number of amides is 1. The minimum Gasteiger partial charge on any atom is -0.381 e. The summed E-state index contributed by atoms with van der Waals surface area (Å²) in [6, 6.07) is 0. The zero-order chi connectivity index (χ0) is 14.3. The Balaban J connectivity index is 2.30. The maximum Gasteiger partial charge on any atom is 0.223 e. The summed E-state index contributed by atoms with van der Waals surface area (Å²) in [6.45, 7) is 3.23. The molecular formula is C13H26N4O2. The lowest BCUT2D eigenvalue weighted by Crippen LogP contribution is -2.42. The molecule has 1 aliphatic heterocycles. The third-order valence-electron chi connectivity index (χ3n) is 3.25. The summed E-state index contributed by atoms with van der Waals surface area (Å²) in [5.41, 5.74) is 0. The van der Waals surface area contributed by atoms with Gasteiger partial charge in [-0.1, -0.05) is 0 Å². The number of carbonyl (C=O) groups is 1. The smallest absolute Gasteiger partial charge is 0.223 e. The van der Waals surface area contributed by atoms with E-state index >= 15 is 0 Å². The first-order valence-corrected chi connectivity index (χ1v) is 6.74. The molecule has 0 saturated carbocycles. The molecule has 1 saturated heterocycles. The average Bonchev–Trinajstić information content (AvgIpc) is 2.86. The van der Waals surface area contributed by atoms with E-state index in [0.717, 1.165) is 32.1 Å². The third-order valence-corrected chi connectivity index (χ3v) is 3.25. The van der Waals surface area contributed by atoms with E-state index in [9.17, 15) is 4.79 Å². The fourth-order valence-electron chi connectivity index (χ4n) is 2.09. The molecule has 0 aromatic heterocycles. The Morgan fingerprint density at radius 1 is 1.42 bits per heavy atom. The molecule has 1 atom stereocenters. The van der Waals surface area contributed by atoms with Gasteiger partial charge in [0, 0.05) is 60.2 Å². The van der Waals surface area contributed by atoms with Crippen LogP contribution >= 0.6 is 0 Å². The molecule has 0 aliphatic carbocycles. The second kappa shape index (κ2) is 7.99. The summed E-state index contributed by atoms with van der Waals surface area (Å²) in [7, 11) is 7.31. The van der Waals surface area contributed by atoms with E-state index in [2.05, 4.69) is 15.2 Å². The predicted octanol–water partition coefficient (Wildman–Crippen LogP) is 0.00840. The second-order valence-electron chi connectivity index (χ2n) is 5.12. The molecule has 1 fully saturated rings. The molecule has 1 amide bonds. The van der Waals surface area contributed by atoms with Crippen molar-refractivity contribution in [3.63, 3.8) is 0 Å². The topological polar surface area (TPSA) is 57.2 Å². The highest BCUT2D eigenvalue weighted by molar-refractivity contribution is 5.81. The largest absolute Gasteiger partial charge is 0.381 e. The van der Waals surface area contributed by atoms with Gasteiger partial charge in [-0.05, 0) is 6.42 Å². The minimum absolute atomic E-state index is 0.120. The van der Waals surface area contributed by atoms with Crippen molar-refractivity contribution in [2.24, 2.45) is 10.9 Å². The van der Waals surface area contributed by atoms with Gasteiger partial charge in [0.2, 0.25) is 5.91 Å². The number of ether oxygens (including phenoxy) is 1. The van der Waals surface area contributed by atoms with Crippen molar-refractivity contribution in [3.8, 4) is 0 Å². The Bertz CT molecular complexity index is 312. The first-order valence-electron chi connectivity index (χ1n) is 6.74. The molecule has 0 aromatic rings. The molecule has 1 heterocycles. The normalized spacial score (nSPS) is 19.4. The molecule has 0 spiro atoms. The van der Waals surface area contributed by atoms with Crippen LogP contribution in [-0.4, -0.2) is 76.2 Å². The van der Waals surface area contributed by atoms with Gasteiger partial charge in [0.05, 0.1) is 6.61 Å². The Labute approximate surface area is 115 Å². The fraction of sp³-hybridized carbons (Fsp3) is 0.846. The van der Waals surface area contributed by atoms with Crippen LogP contribution in [0.15, 0.2) is 4.99 Å². The van der Waals surface area contributed by atoms with Crippen LogP contribution in [0.2, 0.25) is 0 Å². The number of rotatable bonds is 5. The molecule has 6 nitrogen and oxygen atoms in total. The van der Waals surface area contributed by atoms with E-state index in [1.165, 1.54) is 0 Å². The van der Waals surface area contributed by atoms with E-state index in [-0.39, 0.29) is 5.91 Å². The summed E-state index contributed by atoms with van der Waals surface area (Å²) in [5.74, 6) is 1.53. The van der Waals surface area contributed by atoms with Crippen molar-refractivity contribution in [3.05, 3.63) is 0 Å². The number of aliphatic imine (C=N–C) groups is 1. The summed E-state index contributed by atoms with van der Waals surface area (Å²) >= 11 is 0. The van der Waals surface area contributed by atoms with Gasteiger partial charge in [-0.3, -0.25) is 9.79 Å². The first kappa shape index (κ1) is 15.8. The number of carbonyl (C=O) groups excluding carboxylic acids is 1. The van der Waals surface area contributed by atoms with E-state index in [1.54, 1.807) is 26.0 Å². The molecule has 0 bridgehead atoms. The van der Waals surface area contributed by atoms with Gasteiger partial charge in [0.15, 0.2) is 5.96 Å². The van der Waals surface area contributed by atoms with E-state index in [4.69, 9.17) is 4.74 Å². The SMILES string of the molecule is CN=C(NCCC(=O)N(C)C)N(C)CC1CCOC1.